The smallest absolute Gasteiger partial charge is 0.310 e. The fraction of sp³-hybridized carbons (Fsp3) is 0.222. The van der Waals surface area contributed by atoms with E-state index in [1.54, 1.807) is 6.20 Å². The third-order valence-electron chi connectivity index (χ3n) is 1.49. The minimum Gasteiger partial charge on any atom is -0.469 e. The Morgan fingerprint density at radius 2 is 2.40 bits per heavy atom. The molecular weight excluding hydrogens is 328 g/mol. The van der Waals surface area contributed by atoms with Gasteiger partial charge < -0.3 is 4.74 Å². The first-order valence-corrected chi connectivity index (χ1v) is 5.62. The van der Waals surface area contributed by atoms with Crippen LogP contribution in [0.4, 0.5) is 5.82 Å². The Kier molecular flexibility index (Phi) is 4.90. The lowest BCUT2D eigenvalue weighted by Gasteiger charge is -1.97. The van der Waals surface area contributed by atoms with Gasteiger partial charge >= 0.3 is 5.97 Å². The summed E-state index contributed by atoms with van der Waals surface area (Å²) >= 11 is 6.59. The van der Waals surface area contributed by atoms with Gasteiger partial charge in [0.2, 0.25) is 0 Å². The van der Waals surface area contributed by atoms with Crippen molar-refractivity contribution in [3.63, 3.8) is 0 Å². The Morgan fingerprint density at radius 3 is 3.00 bits per heavy atom. The van der Waals surface area contributed by atoms with Crippen LogP contribution in [-0.4, -0.2) is 24.3 Å². The summed E-state index contributed by atoms with van der Waals surface area (Å²) in [7, 11) is 1.34. The summed E-state index contributed by atoms with van der Waals surface area (Å²) in [5.74, 6) is 0.203. The van der Waals surface area contributed by atoms with Crippen LogP contribution in [0.1, 0.15) is 6.42 Å². The molecule has 0 amide bonds. The number of hydrogen-bond donors (Lipinski definition) is 0. The highest BCUT2D eigenvalue weighted by Gasteiger charge is 2.00. The molecule has 0 saturated heterocycles. The summed E-state index contributed by atoms with van der Waals surface area (Å²) < 4.78 is 6.09. The summed E-state index contributed by atoms with van der Waals surface area (Å²) in [4.78, 5) is 18.9. The topological polar surface area (TPSA) is 51.5 Å². The van der Waals surface area contributed by atoms with Crippen molar-refractivity contribution in [3.8, 4) is 0 Å². The van der Waals surface area contributed by atoms with Gasteiger partial charge in [-0.15, -0.1) is 0 Å². The number of ether oxygens (including phenoxy) is 1. The maximum absolute atomic E-state index is 10.8. The van der Waals surface area contributed by atoms with Gasteiger partial charge in [-0.3, -0.25) is 4.79 Å². The molecule has 0 radical (unpaired) electrons. The number of aromatic nitrogens is 1. The van der Waals surface area contributed by atoms with E-state index in [1.807, 2.05) is 6.07 Å². The van der Waals surface area contributed by atoms with E-state index in [-0.39, 0.29) is 12.4 Å². The Balaban J connectivity index is 2.68. The fourth-order valence-electron chi connectivity index (χ4n) is 0.792. The Morgan fingerprint density at radius 1 is 1.67 bits per heavy atom. The lowest BCUT2D eigenvalue weighted by Crippen LogP contribution is -1.99. The second-order valence-corrected chi connectivity index (χ2v) is 4.32. The van der Waals surface area contributed by atoms with E-state index >= 15 is 0 Å². The number of hydrogen-bond acceptors (Lipinski definition) is 4. The predicted molar refractivity (Wildman–Crippen MR) is 64.4 cm³/mol. The van der Waals surface area contributed by atoms with Crippen LogP contribution in [0.3, 0.4) is 0 Å². The zero-order valence-corrected chi connectivity index (χ0v) is 11.1. The van der Waals surface area contributed by atoms with Gasteiger partial charge in [0.1, 0.15) is 0 Å². The van der Waals surface area contributed by atoms with Gasteiger partial charge in [0.15, 0.2) is 5.82 Å². The Labute approximate surface area is 104 Å². The second-order valence-electron chi connectivity index (χ2n) is 2.55. The SMILES string of the molecule is COC(=O)CC=Nc1ncc(Br)cc1Br. The number of carbonyl (C=O) groups excluding carboxylic acids is 1. The van der Waals surface area contributed by atoms with Crippen LogP contribution < -0.4 is 0 Å². The molecule has 1 aromatic heterocycles. The quantitative estimate of drug-likeness (QED) is 0.630. The number of nitrogens with zero attached hydrogens (tertiary/aromatic N) is 2. The number of aliphatic imine (C=N–C) groups is 1. The van der Waals surface area contributed by atoms with Gasteiger partial charge in [0.05, 0.1) is 18.0 Å². The minimum atomic E-state index is -0.327. The highest BCUT2D eigenvalue weighted by atomic mass is 79.9. The molecule has 0 aliphatic rings. The van der Waals surface area contributed by atoms with Crippen LogP contribution in [0, 0.1) is 0 Å². The molecular formula is C9H8Br2N2O2. The third-order valence-corrected chi connectivity index (χ3v) is 2.50. The number of halogens is 2. The normalized spacial score (nSPS) is 10.6. The van der Waals surface area contributed by atoms with Crippen molar-refractivity contribution in [2.45, 2.75) is 6.42 Å². The van der Waals surface area contributed by atoms with E-state index in [0.717, 1.165) is 8.95 Å². The zero-order chi connectivity index (χ0) is 11.3. The van der Waals surface area contributed by atoms with Gasteiger partial charge in [-0.05, 0) is 37.9 Å². The molecule has 1 rings (SSSR count). The van der Waals surface area contributed by atoms with Crippen molar-refractivity contribution >= 4 is 49.9 Å². The van der Waals surface area contributed by atoms with Crippen molar-refractivity contribution in [1.29, 1.82) is 0 Å². The highest BCUT2D eigenvalue weighted by Crippen LogP contribution is 2.25. The van der Waals surface area contributed by atoms with E-state index in [9.17, 15) is 4.79 Å². The maximum Gasteiger partial charge on any atom is 0.310 e. The molecule has 0 unspecified atom stereocenters. The monoisotopic (exact) mass is 334 g/mol. The highest BCUT2D eigenvalue weighted by molar-refractivity contribution is 9.11. The van der Waals surface area contributed by atoms with Crippen molar-refractivity contribution in [2.24, 2.45) is 4.99 Å². The predicted octanol–water partition coefficient (Wildman–Crippen LogP) is 2.87. The third kappa shape index (κ3) is 4.09. The van der Waals surface area contributed by atoms with E-state index in [0.29, 0.717) is 5.82 Å². The number of methoxy groups -OCH3 is 1. The molecule has 80 valence electrons. The van der Waals surface area contributed by atoms with E-state index in [4.69, 9.17) is 0 Å². The molecule has 6 heteroatoms. The molecule has 1 aromatic rings. The van der Waals surface area contributed by atoms with Gasteiger partial charge in [0, 0.05) is 16.9 Å². The molecule has 1 heterocycles. The average molecular weight is 336 g/mol. The molecule has 0 aromatic carbocycles. The molecule has 0 N–H and O–H groups in total. The summed E-state index contributed by atoms with van der Waals surface area (Å²) in [5.41, 5.74) is 0. The Bertz CT molecular complexity index is 394. The molecule has 0 atom stereocenters. The molecule has 0 bridgehead atoms. The minimum absolute atomic E-state index is 0.140. The lowest BCUT2D eigenvalue weighted by molar-refractivity contribution is -0.139. The molecule has 0 fully saturated rings. The Hall–Kier alpha value is -0.750. The average Bonchev–Trinajstić information content (AvgIpc) is 2.21. The number of pyridine rings is 1. The summed E-state index contributed by atoms with van der Waals surface area (Å²) in [6, 6.07) is 1.83. The first kappa shape index (κ1) is 12.3. The van der Waals surface area contributed by atoms with Gasteiger partial charge in [-0.1, -0.05) is 0 Å². The van der Waals surface area contributed by atoms with Crippen LogP contribution in [-0.2, 0) is 9.53 Å². The van der Waals surface area contributed by atoms with E-state index in [2.05, 4.69) is 46.6 Å². The number of rotatable bonds is 3. The van der Waals surface area contributed by atoms with Gasteiger partial charge in [-0.25, -0.2) is 9.98 Å². The van der Waals surface area contributed by atoms with Crippen molar-refractivity contribution in [3.05, 3.63) is 21.2 Å². The largest absolute Gasteiger partial charge is 0.469 e. The van der Waals surface area contributed by atoms with E-state index < -0.39 is 0 Å². The molecule has 15 heavy (non-hydrogen) atoms. The number of carbonyl (C=O) groups is 1. The zero-order valence-electron chi connectivity index (χ0n) is 7.91. The second kappa shape index (κ2) is 5.97. The van der Waals surface area contributed by atoms with Crippen molar-refractivity contribution in [2.75, 3.05) is 7.11 Å². The fourth-order valence-corrected chi connectivity index (χ4v) is 1.88. The van der Waals surface area contributed by atoms with Crippen LogP contribution in [0.15, 0.2) is 26.2 Å². The lowest BCUT2D eigenvalue weighted by atomic mass is 10.4. The first-order chi connectivity index (χ1) is 7.13. The van der Waals surface area contributed by atoms with E-state index in [1.165, 1.54) is 13.3 Å². The van der Waals surface area contributed by atoms with Crippen LogP contribution in [0.25, 0.3) is 0 Å². The summed E-state index contributed by atoms with van der Waals surface area (Å²) in [6.07, 6.45) is 3.24. The number of esters is 1. The van der Waals surface area contributed by atoms with Crippen LogP contribution in [0.2, 0.25) is 0 Å². The molecule has 0 spiro atoms. The molecule has 0 aliphatic heterocycles. The van der Waals surface area contributed by atoms with Crippen LogP contribution in [0.5, 0.6) is 0 Å². The molecule has 0 aliphatic carbocycles. The van der Waals surface area contributed by atoms with Crippen molar-refractivity contribution < 1.29 is 9.53 Å². The maximum atomic E-state index is 10.8. The van der Waals surface area contributed by atoms with Gasteiger partial charge in [0.25, 0.3) is 0 Å². The van der Waals surface area contributed by atoms with Crippen molar-refractivity contribution in [1.82, 2.24) is 4.98 Å². The summed E-state index contributed by atoms with van der Waals surface area (Å²) in [6.45, 7) is 0. The molecule has 4 nitrogen and oxygen atoms in total. The standard InChI is InChI=1S/C9H8Br2N2O2/c1-15-8(14)2-3-12-9-7(11)4-6(10)5-13-9/h3-5H,2H2,1H3. The molecule has 0 saturated carbocycles. The first-order valence-electron chi connectivity index (χ1n) is 4.04. The summed E-state index contributed by atoms with van der Waals surface area (Å²) in [5, 5.41) is 0. The van der Waals surface area contributed by atoms with Gasteiger partial charge in [-0.2, -0.15) is 0 Å². The van der Waals surface area contributed by atoms with Crippen LogP contribution >= 0.6 is 31.9 Å².